The molecule has 112 valence electrons. The van der Waals surface area contributed by atoms with Crippen LogP contribution >= 0.6 is 0 Å². The third kappa shape index (κ3) is 3.64. The molecule has 21 heavy (non-hydrogen) atoms. The third-order valence-electron chi connectivity index (χ3n) is 4.16. The molecule has 0 aliphatic heterocycles. The summed E-state index contributed by atoms with van der Waals surface area (Å²) in [5.41, 5.74) is 8.54. The highest BCUT2D eigenvalue weighted by Gasteiger charge is 2.17. The fraction of sp³-hybridized carbons (Fsp3) is 0.368. The van der Waals surface area contributed by atoms with E-state index in [0.29, 0.717) is 0 Å². The van der Waals surface area contributed by atoms with Gasteiger partial charge in [-0.3, -0.25) is 0 Å². The lowest BCUT2D eigenvalue weighted by molar-refractivity contribution is 0.469. The summed E-state index contributed by atoms with van der Waals surface area (Å²) < 4.78 is 5.99. The fourth-order valence-corrected chi connectivity index (χ4v) is 2.25. The van der Waals surface area contributed by atoms with Crippen molar-refractivity contribution in [1.82, 2.24) is 0 Å². The van der Waals surface area contributed by atoms with Crippen LogP contribution in [-0.2, 0) is 5.41 Å². The van der Waals surface area contributed by atoms with Gasteiger partial charge in [-0.15, -0.1) is 0 Å². The van der Waals surface area contributed by atoms with E-state index < -0.39 is 0 Å². The summed E-state index contributed by atoms with van der Waals surface area (Å²) in [4.78, 5) is 0. The molecule has 2 aromatic carbocycles. The predicted octanol–water partition coefficient (Wildman–Crippen LogP) is 5.19. The zero-order valence-electron chi connectivity index (χ0n) is 13.4. The van der Waals surface area contributed by atoms with Crippen LogP contribution in [0.25, 0.3) is 0 Å². The van der Waals surface area contributed by atoms with Gasteiger partial charge in [0.2, 0.25) is 0 Å². The molecule has 2 nitrogen and oxygen atoms in total. The Labute approximate surface area is 127 Å². The van der Waals surface area contributed by atoms with E-state index in [1.165, 1.54) is 5.56 Å². The number of hydrogen-bond acceptors (Lipinski definition) is 2. The SMILES string of the molecule is CCC(C)(C)c1ccc(Oc2ccccc2C(C)N)cc1. The van der Waals surface area contributed by atoms with E-state index in [0.717, 1.165) is 23.5 Å². The van der Waals surface area contributed by atoms with Gasteiger partial charge in [-0.2, -0.15) is 0 Å². The maximum Gasteiger partial charge on any atom is 0.132 e. The van der Waals surface area contributed by atoms with Gasteiger partial charge in [-0.25, -0.2) is 0 Å². The van der Waals surface area contributed by atoms with Gasteiger partial charge in [0.05, 0.1) is 0 Å². The molecule has 0 radical (unpaired) electrons. The molecule has 0 fully saturated rings. The molecular weight excluding hydrogens is 258 g/mol. The Balaban J connectivity index is 2.22. The lowest BCUT2D eigenvalue weighted by Gasteiger charge is -2.23. The Morgan fingerprint density at radius 2 is 1.67 bits per heavy atom. The summed E-state index contributed by atoms with van der Waals surface area (Å²) in [7, 11) is 0. The van der Waals surface area contributed by atoms with Crippen LogP contribution in [0.3, 0.4) is 0 Å². The van der Waals surface area contributed by atoms with Crippen LogP contribution in [0, 0.1) is 0 Å². The average molecular weight is 283 g/mol. The van der Waals surface area contributed by atoms with Crippen molar-refractivity contribution in [2.45, 2.75) is 45.6 Å². The van der Waals surface area contributed by atoms with Crippen LogP contribution in [0.2, 0.25) is 0 Å². The molecule has 0 aliphatic carbocycles. The minimum atomic E-state index is -0.0421. The second-order valence-electron chi connectivity index (χ2n) is 6.19. The van der Waals surface area contributed by atoms with Gasteiger partial charge in [-0.05, 0) is 42.5 Å². The van der Waals surface area contributed by atoms with Gasteiger partial charge in [0.15, 0.2) is 0 Å². The molecule has 0 bridgehead atoms. The molecule has 0 saturated heterocycles. The lowest BCUT2D eigenvalue weighted by Crippen LogP contribution is -2.14. The first kappa shape index (κ1) is 15.6. The van der Waals surface area contributed by atoms with E-state index in [2.05, 4.69) is 32.9 Å². The fourth-order valence-electron chi connectivity index (χ4n) is 2.25. The van der Waals surface area contributed by atoms with Crippen LogP contribution in [0.5, 0.6) is 11.5 Å². The number of ether oxygens (including phenoxy) is 1. The number of nitrogens with two attached hydrogens (primary N) is 1. The van der Waals surface area contributed by atoms with E-state index in [1.807, 2.05) is 43.3 Å². The topological polar surface area (TPSA) is 35.2 Å². The largest absolute Gasteiger partial charge is 0.457 e. The molecule has 0 saturated carbocycles. The Morgan fingerprint density at radius 1 is 1.05 bits per heavy atom. The zero-order chi connectivity index (χ0) is 15.5. The zero-order valence-corrected chi connectivity index (χ0v) is 13.4. The van der Waals surface area contributed by atoms with Gasteiger partial charge in [0, 0.05) is 11.6 Å². The first-order valence-corrected chi connectivity index (χ1v) is 7.57. The van der Waals surface area contributed by atoms with Crippen LogP contribution < -0.4 is 10.5 Å². The molecule has 2 heteroatoms. The molecule has 2 aromatic rings. The summed E-state index contributed by atoms with van der Waals surface area (Å²) in [5.74, 6) is 1.67. The Bertz CT molecular complexity index is 585. The highest BCUT2D eigenvalue weighted by Crippen LogP contribution is 2.31. The molecule has 2 N–H and O–H groups in total. The molecule has 0 amide bonds. The molecule has 0 spiro atoms. The van der Waals surface area contributed by atoms with Gasteiger partial charge < -0.3 is 10.5 Å². The summed E-state index contributed by atoms with van der Waals surface area (Å²) >= 11 is 0. The van der Waals surface area contributed by atoms with Crippen LogP contribution in [-0.4, -0.2) is 0 Å². The summed E-state index contributed by atoms with van der Waals surface area (Å²) in [5, 5.41) is 0. The summed E-state index contributed by atoms with van der Waals surface area (Å²) in [6, 6.07) is 16.2. The standard InChI is InChI=1S/C19H25NO/c1-5-19(3,4)15-10-12-16(13-11-15)21-18-9-7-6-8-17(18)14(2)20/h6-14H,5,20H2,1-4H3. The van der Waals surface area contributed by atoms with Crippen molar-refractivity contribution in [3.05, 3.63) is 59.7 Å². The number of rotatable bonds is 5. The van der Waals surface area contributed by atoms with E-state index in [-0.39, 0.29) is 11.5 Å². The van der Waals surface area contributed by atoms with Crippen molar-refractivity contribution >= 4 is 0 Å². The summed E-state index contributed by atoms with van der Waals surface area (Å²) in [6.07, 6.45) is 1.11. The highest BCUT2D eigenvalue weighted by atomic mass is 16.5. The maximum atomic E-state index is 5.99. The minimum Gasteiger partial charge on any atom is -0.457 e. The Kier molecular flexibility index (Phi) is 4.69. The predicted molar refractivity (Wildman–Crippen MR) is 88.9 cm³/mol. The van der Waals surface area contributed by atoms with E-state index in [4.69, 9.17) is 10.5 Å². The van der Waals surface area contributed by atoms with Gasteiger partial charge in [0.25, 0.3) is 0 Å². The highest BCUT2D eigenvalue weighted by molar-refractivity contribution is 5.40. The van der Waals surface area contributed by atoms with Crippen molar-refractivity contribution in [3.8, 4) is 11.5 Å². The molecular formula is C19H25NO. The van der Waals surface area contributed by atoms with E-state index in [1.54, 1.807) is 0 Å². The van der Waals surface area contributed by atoms with Crippen LogP contribution in [0.4, 0.5) is 0 Å². The molecule has 0 aliphatic rings. The molecule has 0 aromatic heterocycles. The Morgan fingerprint density at radius 3 is 2.24 bits per heavy atom. The number of benzene rings is 2. The van der Waals surface area contributed by atoms with Gasteiger partial charge in [0.1, 0.15) is 11.5 Å². The lowest BCUT2D eigenvalue weighted by atomic mass is 9.82. The van der Waals surface area contributed by atoms with Gasteiger partial charge in [-0.1, -0.05) is 51.1 Å². The second kappa shape index (κ2) is 6.31. The van der Waals surface area contributed by atoms with E-state index >= 15 is 0 Å². The van der Waals surface area contributed by atoms with Crippen molar-refractivity contribution in [3.63, 3.8) is 0 Å². The normalized spacial score (nSPS) is 13.0. The van der Waals surface area contributed by atoms with Gasteiger partial charge >= 0.3 is 0 Å². The molecule has 1 unspecified atom stereocenters. The number of hydrogen-bond donors (Lipinski definition) is 1. The van der Waals surface area contributed by atoms with Crippen molar-refractivity contribution in [2.75, 3.05) is 0 Å². The molecule has 0 heterocycles. The minimum absolute atomic E-state index is 0.0421. The Hall–Kier alpha value is -1.80. The molecule has 1 atom stereocenters. The quantitative estimate of drug-likeness (QED) is 0.820. The van der Waals surface area contributed by atoms with Crippen molar-refractivity contribution in [2.24, 2.45) is 5.73 Å². The third-order valence-corrected chi connectivity index (χ3v) is 4.16. The monoisotopic (exact) mass is 283 g/mol. The van der Waals surface area contributed by atoms with Crippen LogP contribution in [0.1, 0.15) is 51.3 Å². The number of para-hydroxylation sites is 1. The van der Waals surface area contributed by atoms with E-state index in [9.17, 15) is 0 Å². The first-order chi connectivity index (χ1) is 9.94. The van der Waals surface area contributed by atoms with Crippen molar-refractivity contribution < 1.29 is 4.74 Å². The van der Waals surface area contributed by atoms with Crippen molar-refractivity contribution in [1.29, 1.82) is 0 Å². The maximum absolute atomic E-state index is 5.99. The molecule has 2 rings (SSSR count). The smallest absolute Gasteiger partial charge is 0.132 e. The first-order valence-electron chi connectivity index (χ1n) is 7.57. The second-order valence-corrected chi connectivity index (χ2v) is 6.19. The average Bonchev–Trinajstić information content (AvgIpc) is 2.48. The summed E-state index contributed by atoms with van der Waals surface area (Å²) in [6.45, 7) is 8.70. The van der Waals surface area contributed by atoms with Crippen LogP contribution in [0.15, 0.2) is 48.5 Å².